The van der Waals surface area contributed by atoms with Gasteiger partial charge in [0.25, 0.3) is 0 Å². The monoisotopic (exact) mass is 146 g/mol. The number of hydrogen-bond donors (Lipinski definition) is 0. The van der Waals surface area contributed by atoms with Crippen molar-refractivity contribution in [2.24, 2.45) is 7.05 Å². The quantitative estimate of drug-likeness (QED) is 0.571. The molecule has 0 N–H and O–H groups in total. The topological polar surface area (TPSA) is 17.8 Å². The highest BCUT2D eigenvalue weighted by Gasteiger charge is 2.04. The summed E-state index contributed by atoms with van der Waals surface area (Å²) in [6, 6.07) is 0. The molecule has 0 atom stereocenters. The van der Waals surface area contributed by atoms with Gasteiger partial charge in [0.05, 0.1) is 5.69 Å². The van der Waals surface area contributed by atoms with E-state index in [1.165, 1.54) is 0 Å². The minimum Gasteiger partial charge on any atom is -0.275 e. The van der Waals surface area contributed by atoms with Crippen molar-refractivity contribution in [2.75, 3.05) is 0 Å². The fourth-order valence-electron chi connectivity index (χ4n) is 1.07. The van der Waals surface area contributed by atoms with Crippen LogP contribution in [0.4, 0.5) is 0 Å². The van der Waals surface area contributed by atoms with E-state index in [1.54, 1.807) is 4.68 Å². The first-order valence-electron chi connectivity index (χ1n) is 3.62. The zero-order chi connectivity index (χ0) is 8.43. The molecule has 0 bridgehead atoms. The lowest BCUT2D eigenvalue weighted by Gasteiger charge is -1.95. The number of aromatic nitrogens is 2. The van der Waals surface area contributed by atoms with Crippen molar-refractivity contribution in [3.05, 3.63) is 24.0 Å². The summed E-state index contributed by atoms with van der Waals surface area (Å²) in [5, 5.41) is 4.17. The highest BCUT2D eigenvalue weighted by Crippen LogP contribution is 2.12. The molecule has 3 heteroatoms. The van der Waals surface area contributed by atoms with Gasteiger partial charge in [-0.25, -0.2) is 0 Å². The van der Waals surface area contributed by atoms with E-state index in [0.717, 1.165) is 17.7 Å². The first-order valence-corrected chi connectivity index (χ1v) is 3.62. The second kappa shape index (κ2) is 2.95. The molecule has 0 saturated heterocycles. The summed E-state index contributed by atoms with van der Waals surface area (Å²) in [4.78, 5) is 0. The first kappa shape index (κ1) is 8.11. The molecule has 0 spiro atoms. The smallest absolute Gasteiger partial charge is 0.116 e. The second-order valence-electron chi connectivity index (χ2n) is 2.56. The average Bonchev–Trinajstić information content (AvgIpc) is 2.30. The third-order valence-electron chi connectivity index (χ3n) is 1.59. The molecule has 0 amide bonds. The van der Waals surface area contributed by atoms with Crippen LogP contribution in [0.25, 0.3) is 5.47 Å². The highest BCUT2D eigenvalue weighted by molar-refractivity contribution is 6.41. The zero-order valence-electron chi connectivity index (χ0n) is 6.96. The number of rotatable bonds is 2. The minimum atomic E-state index is 0.544. The van der Waals surface area contributed by atoms with Crippen LogP contribution in [0, 0.1) is 0 Å². The van der Waals surface area contributed by atoms with E-state index in [0.29, 0.717) is 5.47 Å². The fraction of sp³-hybridized carbons (Fsp3) is 0.375. The Bertz CT molecular complexity index is 276. The first-order chi connectivity index (χ1) is 5.15. The van der Waals surface area contributed by atoms with Crippen molar-refractivity contribution in [3.63, 3.8) is 0 Å². The molecule has 0 aromatic carbocycles. The van der Waals surface area contributed by atoms with Gasteiger partial charge in [-0.1, -0.05) is 12.4 Å². The Labute approximate surface area is 68.3 Å². The van der Waals surface area contributed by atoms with Crippen LogP contribution in [0.2, 0.25) is 0 Å². The molecule has 2 radical (unpaired) electrons. The molecular weight excluding hydrogens is 135 g/mol. The van der Waals surface area contributed by atoms with Crippen LogP contribution in [0.3, 0.4) is 0 Å². The average molecular weight is 146 g/mol. The normalized spacial score (nSPS) is 10.0. The molecule has 1 aromatic rings. The lowest BCUT2D eigenvalue weighted by Crippen LogP contribution is -1.90. The summed E-state index contributed by atoms with van der Waals surface area (Å²) in [6.45, 7) is 5.72. The summed E-state index contributed by atoms with van der Waals surface area (Å²) in [5.74, 6) is 0. The number of nitrogens with zero attached hydrogens (tertiary/aromatic N) is 2. The van der Waals surface area contributed by atoms with Crippen LogP contribution in [-0.2, 0) is 13.5 Å². The molecule has 0 unspecified atom stereocenters. The standard InChI is InChI=1S/C8H11BN2/c1-4-7-5-11(3)10-8(7)6(2)9/h5H,2,4H2,1,3H3. The maximum atomic E-state index is 5.53. The van der Waals surface area contributed by atoms with Crippen LogP contribution in [0.1, 0.15) is 18.2 Å². The van der Waals surface area contributed by atoms with Gasteiger partial charge >= 0.3 is 0 Å². The van der Waals surface area contributed by atoms with Crippen LogP contribution >= 0.6 is 0 Å². The third-order valence-corrected chi connectivity index (χ3v) is 1.59. The summed E-state index contributed by atoms with van der Waals surface area (Å²) in [6.07, 6.45) is 2.91. The Morgan fingerprint density at radius 1 is 1.82 bits per heavy atom. The summed E-state index contributed by atoms with van der Waals surface area (Å²) in [5.41, 5.74) is 2.53. The van der Waals surface area contributed by atoms with Gasteiger partial charge in [-0.15, -0.1) is 6.58 Å². The van der Waals surface area contributed by atoms with E-state index in [1.807, 2.05) is 13.2 Å². The van der Waals surface area contributed by atoms with Crippen molar-refractivity contribution in [1.82, 2.24) is 9.78 Å². The Hall–Kier alpha value is -0.985. The Morgan fingerprint density at radius 2 is 2.45 bits per heavy atom. The fourth-order valence-corrected chi connectivity index (χ4v) is 1.07. The minimum absolute atomic E-state index is 0.544. The lowest BCUT2D eigenvalue weighted by molar-refractivity contribution is 0.763. The van der Waals surface area contributed by atoms with Gasteiger partial charge in [0.2, 0.25) is 0 Å². The largest absolute Gasteiger partial charge is 0.275 e. The maximum Gasteiger partial charge on any atom is 0.116 e. The van der Waals surface area contributed by atoms with Crippen LogP contribution < -0.4 is 0 Å². The lowest BCUT2D eigenvalue weighted by atomic mass is 9.92. The van der Waals surface area contributed by atoms with E-state index in [9.17, 15) is 0 Å². The zero-order valence-corrected chi connectivity index (χ0v) is 6.96. The highest BCUT2D eigenvalue weighted by atomic mass is 15.2. The van der Waals surface area contributed by atoms with E-state index in [-0.39, 0.29) is 0 Å². The van der Waals surface area contributed by atoms with Crippen LogP contribution in [0.5, 0.6) is 0 Å². The molecule has 0 fully saturated rings. The molecular formula is C8H11BN2. The SMILES string of the molecule is [B]C(=C)c1nn(C)cc1CC. The molecule has 0 aliphatic carbocycles. The van der Waals surface area contributed by atoms with Crippen molar-refractivity contribution < 1.29 is 0 Å². The van der Waals surface area contributed by atoms with E-state index in [4.69, 9.17) is 7.85 Å². The molecule has 1 heterocycles. The number of hydrogen-bond acceptors (Lipinski definition) is 1. The van der Waals surface area contributed by atoms with Gasteiger partial charge in [-0.3, -0.25) is 4.68 Å². The predicted octanol–water partition coefficient (Wildman–Crippen LogP) is 1.12. The van der Waals surface area contributed by atoms with Crippen molar-refractivity contribution in [3.8, 4) is 0 Å². The summed E-state index contributed by atoms with van der Waals surface area (Å²) in [7, 11) is 7.41. The van der Waals surface area contributed by atoms with E-state index in [2.05, 4.69) is 18.6 Å². The predicted molar refractivity (Wildman–Crippen MR) is 47.4 cm³/mol. The Balaban J connectivity index is 3.12. The molecule has 0 aliphatic rings. The van der Waals surface area contributed by atoms with E-state index >= 15 is 0 Å². The molecule has 11 heavy (non-hydrogen) atoms. The maximum absolute atomic E-state index is 5.53. The summed E-state index contributed by atoms with van der Waals surface area (Å²) >= 11 is 0. The van der Waals surface area contributed by atoms with Crippen LogP contribution in [0.15, 0.2) is 12.8 Å². The Kier molecular flexibility index (Phi) is 2.18. The summed E-state index contributed by atoms with van der Waals surface area (Å²) < 4.78 is 1.76. The third kappa shape index (κ3) is 1.53. The van der Waals surface area contributed by atoms with E-state index < -0.39 is 0 Å². The number of aryl methyl sites for hydroxylation is 2. The van der Waals surface area contributed by atoms with Gasteiger partial charge in [-0.2, -0.15) is 5.10 Å². The molecule has 56 valence electrons. The van der Waals surface area contributed by atoms with Crippen LogP contribution in [-0.4, -0.2) is 17.6 Å². The van der Waals surface area contributed by atoms with Crippen molar-refractivity contribution in [2.45, 2.75) is 13.3 Å². The van der Waals surface area contributed by atoms with Gasteiger partial charge in [0, 0.05) is 13.2 Å². The van der Waals surface area contributed by atoms with Gasteiger partial charge in [0.15, 0.2) is 0 Å². The second-order valence-corrected chi connectivity index (χ2v) is 2.56. The van der Waals surface area contributed by atoms with Crippen molar-refractivity contribution >= 4 is 13.3 Å². The van der Waals surface area contributed by atoms with Gasteiger partial charge < -0.3 is 0 Å². The molecule has 2 nitrogen and oxygen atoms in total. The molecule has 0 saturated carbocycles. The van der Waals surface area contributed by atoms with Gasteiger partial charge in [-0.05, 0) is 12.0 Å². The van der Waals surface area contributed by atoms with Crippen molar-refractivity contribution in [1.29, 1.82) is 0 Å². The molecule has 1 rings (SSSR count). The van der Waals surface area contributed by atoms with Gasteiger partial charge in [0.1, 0.15) is 7.85 Å². The Morgan fingerprint density at radius 3 is 2.82 bits per heavy atom. The molecule has 0 aliphatic heterocycles. The molecule has 1 aromatic heterocycles.